The zero-order valence-electron chi connectivity index (χ0n) is 12.7. The number of benzene rings is 1. The summed E-state index contributed by atoms with van der Waals surface area (Å²) in [6, 6.07) is 5.13. The summed E-state index contributed by atoms with van der Waals surface area (Å²) in [5, 5.41) is 8.75. The molecule has 0 amide bonds. The van der Waals surface area contributed by atoms with E-state index in [-0.39, 0.29) is 12.1 Å². The average molecular weight is 307 g/mol. The third-order valence-corrected chi connectivity index (χ3v) is 6.15. The van der Waals surface area contributed by atoms with E-state index < -0.39 is 10.0 Å². The Bertz CT molecular complexity index is 696. The summed E-state index contributed by atoms with van der Waals surface area (Å²) in [5.41, 5.74) is 0.968. The van der Waals surface area contributed by atoms with Gasteiger partial charge >= 0.3 is 0 Å². The van der Waals surface area contributed by atoms with Crippen molar-refractivity contribution in [1.82, 2.24) is 4.31 Å². The highest BCUT2D eigenvalue weighted by Crippen LogP contribution is 2.34. The number of rotatable bonds is 2. The maximum absolute atomic E-state index is 12.9. The molecule has 1 heterocycles. The molecule has 0 saturated carbocycles. The second kappa shape index (κ2) is 5.80. The first-order valence-corrected chi connectivity index (χ1v) is 8.46. The van der Waals surface area contributed by atoms with Crippen LogP contribution in [0.3, 0.4) is 0 Å². The zero-order valence-corrected chi connectivity index (χ0v) is 13.5. The van der Waals surface area contributed by atoms with E-state index in [0.29, 0.717) is 22.6 Å². The minimum Gasteiger partial charge on any atom is -0.384 e. The minimum atomic E-state index is -3.52. The molecule has 1 aliphatic rings. The lowest BCUT2D eigenvalue weighted by molar-refractivity contribution is 0.291. The first-order valence-electron chi connectivity index (χ1n) is 7.02. The van der Waals surface area contributed by atoms with E-state index in [9.17, 15) is 8.42 Å². The van der Waals surface area contributed by atoms with Crippen molar-refractivity contribution in [1.29, 1.82) is 0 Å². The molecule has 0 aliphatic carbocycles. The number of hydrogen-bond acceptors (Lipinski definition) is 3. The summed E-state index contributed by atoms with van der Waals surface area (Å²) < 4.78 is 27.4. The van der Waals surface area contributed by atoms with Gasteiger partial charge in [0.15, 0.2) is 0 Å². The quantitative estimate of drug-likeness (QED) is 0.849. The lowest BCUT2D eigenvalue weighted by Crippen LogP contribution is -2.42. The van der Waals surface area contributed by atoms with E-state index in [2.05, 4.69) is 11.8 Å². The number of aryl methyl sites for hydroxylation is 1. The van der Waals surface area contributed by atoms with Gasteiger partial charge in [0.25, 0.3) is 0 Å². The van der Waals surface area contributed by atoms with Crippen LogP contribution < -0.4 is 0 Å². The Hall–Kier alpha value is -1.35. The second-order valence-electron chi connectivity index (χ2n) is 5.93. The summed E-state index contributed by atoms with van der Waals surface area (Å²) in [6.07, 6.45) is 1.75. The van der Waals surface area contributed by atoms with E-state index in [4.69, 9.17) is 5.11 Å². The topological polar surface area (TPSA) is 57.6 Å². The van der Waals surface area contributed by atoms with E-state index in [1.54, 1.807) is 29.4 Å². The Balaban J connectivity index is 2.49. The van der Waals surface area contributed by atoms with Gasteiger partial charge in [-0.3, -0.25) is 0 Å². The Morgan fingerprint density at radius 1 is 1.38 bits per heavy atom. The highest BCUT2D eigenvalue weighted by atomic mass is 32.2. The molecule has 1 saturated heterocycles. The molecule has 21 heavy (non-hydrogen) atoms. The zero-order chi connectivity index (χ0) is 15.7. The summed E-state index contributed by atoms with van der Waals surface area (Å²) in [4.78, 5) is 0.308. The highest BCUT2D eigenvalue weighted by molar-refractivity contribution is 7.89. The van der Waals surface area contributed by atoms with Crippen molar-refractivity contribution in [3.8, 4) is 11.8 Å². The molecule has 5 heteroatoms. The van der Waals surface area contributed by atoms with Crippen LogP contribution in [-0.2, 0) is 10.0 Å². The van der Waals surface area contributed by atoms with Crippen LogP contribution in [0.5, 0.6) is 0 Å². The number of aliphatic hydroxyl groups is 1. The van der Waals surface area contributed by atoms with Crippen molar-refractivity contribution in [2.24, 2.45) is 0 Å². The highest BCUT2D eigenvalue weighted by Gasteiger charge is 2.41. The summed E-state index contributed by atoms with van der Waals surface area (Å²) in [6.45, 7) is 6.03. The van der Waals surface area contributed by atoms with Crippen molar-refractivity contribution in [2.45, 2.75) is 44.0 Å². The van der Waals surface area contributed by atoms with Gasteiger partial charge in [-0.2, -0.15) is 4.31 Å². The molecule has 114 valence electrons. The van der Waals surface area contributed by atoms with Crippen LogP contribution in [0.1, 0.15) is 37.8 Å². The normalized spacial score (nSPS) is 18.3. The van der Waals surface area contributed by atoms with Gasteiger partial charge in [-0.15, -0.1) is 0 Å². The fourth-order valence-electron chi connectivity index (χ4n) is 2.74. The molecule has 4 nitrogen and oxygen atoms in total. The molecule has 0 bridgehead atoms. The standard InChI is InChI=1S/C16H21NO3S/c1-13-7-8-14(6-4-11-18)12-15(13)21(19,20)17-10-5-9-16(17,2)3/h7-8,12,18H,5,9-11H2,1-3H3. The fraction of sp³-hybridized carbons (Fsp3) is 0.500. The van der Waals surface area contributed by atoms with E-state index in [1.807, 2.05) is 13.8 Å². The van der Waals surface area contributed by atoms with Gasteiger partial charge in [-0.05, 0) is 51.3 Å². The third-order valence-electron chi connectivity index (χ3n) is 3.89. The van der Waals surface area contributed by atoms with E-state index >= 15 is 0 Å². The fourth-order valence-corrected chi connectivity index (χ4v) is 4.84. The molecule has 0 spiro atoms. The van der Waals surface area contributed by atoms with Gasteiger partial charge in [0.2, 0.25) is 10.0 Å². The third kappa shape index (κ3) is 3.13. The van der Waals surface area contributed by atoms with Crippen LogP contribution >= 0.6 is 0 Å². The van der Waals surface area contributed by atoms with Crippen molar-refractivity contribution < 1.29 is 13.5 Å². The van der Waals surface area contributed by atoms with Crippen molar-refractivity contribution in [2.75, 3.05) is 13.2 Å². The smallest absolute Gasteiger partial charge is 0.243 e. The van der Waals surface area contributed by atoms with Crippen molar-refractivity contribution in [3.63, 3.8) is 0 Å². The molecule has 0 radical (unpaired) electrons. The van der Waals surface area contributed by atoms with E-state index in [0.717, 1.165) is 12.8 Å². The lowest BCUT2D eigenvalue weighted by Gasteiger charge is -2.31. The van der Waals surface area contributed by atoms with Gasteiger partial charge < -0.3 is 5.11 Å². The molecular weight excluding hydrogens is 286 g/mol. The number of nitrogens with zero attached hydrogens (tertiary/aromatic N) is 1. The molecule has 0 atom stereocenters. The molecule has 2 rings (SSSR count). The average Bonchev–Trinajstić information content (AvgIpc) is 2.78. The second-order valence-corrected chi connectivity index (χ2v) is 7.76. The van der Waals surface area contributed by atoms with Gasteiger partial charge in [0.1, 0.15) is 6.61 Å². The number of aliphatic hydroxyl groups excluding tert-OH is 1. The van der Waals surface area contributed by atoms with Crippen molar-refractivity contribution >= 4 is 10.0 Å². The largest absolute Gasteiger partial charge is 0.384 e. The van der Waals surface area contributed by atoms with Crippen LogP contribution in [0.25, 0.3) is 0 Å². The molecule has 1 fully saturated rings. The number of hydrogen-bond donors (Lipinski definition) is 1. The van der Waals surface area contributed by atoms with Crippen LogP contribution in [0.4, 0.5) is 0 Å². The Morgan fingerprint density at radius 3 is 2.67 bits per heavy atom. The predicted molar refractivity (Wildman–Crippen MR) is 82.3 cm³/mol. The number of sulfonamides is 1. The molecule has 1 aromatic rings. The molecule has 1 aromatic carbocycles. The first-order chi connectivity index (χ1) is 9.79. The molecule has 0 aromatic heterocycles. The Morgan fingerprint density at radius 2 is 2.10 bits per heavy atom. The maximum atomic E-state index is 12.9. The predicted octanol–water partition coefficient (Wildman–Crippen LogP) is 1.90. The Kier molecular flexibility index (Phi) is 4.43. The van der Waals surface area contributed by atoms with Crippen LogP contribution in [0.15, 0.2) is 23.1 Å². The van der Waals surface area contributed by atoms with Crippen molar-refractivity contribution in [3.05, 3.63) is 29.3 Å². The molecule has 1 aliphatic heterocycles. The van der Waals surface area contributed by atoms with Crippen LogP contribution in [-0.4, -0.2) is 36.5 Å². The van der Waals surface area contributed by atoms with Gasteiger partial charge in [0.05, 0.1) is 4.90 Å². The van der Waals surface area contributed by atoms with E-state index in [1.165, 1.54) is 0 Å². The Labute approximate surface area is 126 Å². The summed E-state index contributed by atoms with van der Waals surface area (Å²) >= 11 is 0. The minimum absolute atomic E-state index is 0.241. The molecular formula is C16H21NO3S. The van der Waals surface area contributed by atoms with Gasteiger partial charge in [0, 0.05) is 17.6 Å². The SMILES string of the molecule is Cc1ccc(C#CCO)cc1S(=O)(=O)N1CCCC1(C)C. The van der Waals surface area contributed by atoms with Crippen LogP contribution in [0.2, 0.25) is 0 Å². The molecule has 1 N–H and O–H groups in total. The summed E-state index contributed by atoms with van der Waals surface area (Å²) in [7, 11) is -3.52. The molecule has 0 unspecified atom stereocenters. The first kappa shape index (κ1) is 16.0. The van der Waals surface area contributed by atoms with Crippen LogP contribution in [0, 0.1) is 18.8 Å². The van der Waals surface area contributed by atoms with Gasteiger partial charge in [-0.1, -0.05) is 17.9 Å². The van der Waals surface area contributed by atoms with Gasteiger partial charge in [-0.25, -0.2) is 8.42 Å². The maximum Gasteiger partial charge on any atom is 0.243 e. The monoisotopic (exact) mass is 307 g/mol. The summed E-state index contributed by atoms with van der Waals surface area (Å²) in [5.74, 6) is 5.31. The lowest BCUT2D eigenvalue weighted by atomic mass is 10.0.